The quantitative estimate of drug-likeness (QED) is 0.366. The van der Waals surface area contributed by atoms with Gasteiger partial charge in [-0.25, -0.2) is 0 Å². The highest BCUT2D eigenvalue weighted by Crippen LogP contribution is 2.05. The summed E-state index contributed by atoms with van der Waals surface area (Å²) in [5, 5.41) is 10.7. The largest absolute Gasteiger partial charge is 1.00 e. The highest BCUT2D eigenvalue weighted by Gasteiger charge is 1.92. The van der Waals surface area contributed by atoms with Crippen molar-refractivity contribution >= 4 is 0 Å². The summed E-state index contributed by atoms with van der Waals surface area (Å²) in [5.74, 6) is 0. The van der Waals surface area contributed by atoms with E-state index in [1.54, 1.807) is 0 Å². The molecule has 14 heavy (non-hydrogen) atoms. The Bertz CT molecular complexity index is 81.4. The van der Waals surface area contributed by atoms with Crippen molar-refractivity contribution in [3.8, 4) is 0 Å². The summed E-state index contributed by atoms with van der Waals surface area (Å²) >= 11 is 0. The lowest BCUT2D eigenvalue weighted by molar-refractivity contribution is -0.656. The molecule has 0 aromatic heterocycles. The molecule has 0 aliphatic carbocycles. The topological polar surface area (TPSA) is 36.8 Å². The van der Waals surface area contributed by atoms with Crippen LogP contribution >= 0.6 is 0 Å². The number of quaternary nitrogens is 1. The molecule has 0 radical (unpaired) electrons. The number of aliphatic hydroxyl groups excluding tert-OH is 1. The van der Waals surface area contributed by atoms with Gasteiger partial charge in [-0.2, -0.15) is 0 Å². The second-order valence-corrected chi connectivity index (χ2v) is 3.71. The van der Waals surface area contributed by atoms with Gasteiger partial charge in [-0.05, 0) is 12.8 Å². The Labute approximate surface area is 106 Å². The average Bonchev–Trinajstić information content (AvgIpc) is 2.16. The zero-order chi connectivity index (χ0) is 9.78. The first-order valence-electron chi connectivity index (χ1n) is 5.84. The van der Waals surface area contributed by atoms with Gasteiger partial charge in [-0.15, -0.1) is 0 Å². The SMILES string of the molecule is CCCCCCCCC[NH2+]CCO.[I-]. The molecule has 0 unspecified atom stereocenters. The van der Waals surface area contributed by atoms with Crippen LogP contribution in [0.25, 0.3) is 0 Å². The van der Waals surface area contributed by atoms with Crippen LogP contribution in [0.15, 0.2) is 0 Å². The summed E-state index contributed by atoms with van der Waals surface area (Å²) in [6, 6.07) is 0. The maximum absolute atomic E-state index is 8.53. The van der Waals surface area contributed by atoms with Crippen molar-refractivity contribution in [2.45, 2.75) is 51.9 Å². The van der Waals surface area contributed by atoms with Gasteiger partial charge in [0.25, 0.3) is 0 Å². The Balaban J connectivity index is 0. The Morgan fingerprint density at radius 1 is 0.857 bits per heavy atom. The Hall–Kier alpha value is 0.650. The molecular formula is C11H26INO. The fourth-order valence-electron chi connectivity index (χ4n) is 1.48. The first-order valence-corrected chi connectivity index (χ1v) is 5.84. The number of hydrogen-bond donors (Lipinski definition) is 2. The molecule has 0 aliphatic heterocycles. The number of rotatable bonds is 10. The van der Waals surface area contributed by atoms with E-state index in [-0.39, 0.29) is 24.0 Å². The van der Waals surface area contributed by atoms with Crippen LogP contribution in [-0.2, 0) is 0 Å². The lowest BCUT2D eigenvalue weighted by Gasteiger charge is -2.00. The summed E-state index contributed by atoms with van der Waals surface area (Å²) < 4.78 is 0. The van der Waals surface area contributed by atoms with Gasteiger partial charge in [0, 0.05) is 0 Å². The van der Waals surface area contributed by atoms with E-state index < -0.39 is 0 Å². The molecule has 0 aliphatic rings. The van der Waals surface area contributed by atoms with Crippen molar-refractivity contribution in [1.82, 2.24) is 0 Å². The highest BCUT2D eigenvalue weighted by molar-refractivity contribution is 4.43. The predicted molar refractivity (Wildman–Crippen MR) is 56.7 cm³/mol. The molecule has 0 saturated heterocycles. The van der Waals surface area contributed by atoms with Gasteiger partial charge in [0.15, 0.2) is 0 Å². The molecule has 0 amide bonds. The Morgan fingerprint density at radius 2 is 1.43 bits per heavy atom. The minimum atomic E-state index is 0. The van der Waals surface area contributed by atoms with Crippen molar-refractivity contribution in [3.63, 3.8) is 0 Å². The molecule has 3 heteroatoms. The fourth-order valence-corrected chi connectivity index (χ4v) is 1.48. The van der Waals surface area contributed by atoms with Crippen molar-refractivity contribution in [1.29, 1.82) is 0 Å². The van der Waals surface area contributed by atoms with Gasteiger partial charge in [0.2, 0.25) is 0 Å². The molecule has 0 bridgehead atoms. The molecule has 0 aromatic rings. The summed E-state index contributed by atoms with van der Waals surface area (Å²) in [7, 11) is 0. The fraction of sp³-hybridized carbons (Fsp3) is 1.00. The normalized spacial score (nSPS) is 9.86. The highest BCUT2D eigenvalue weighted by atomic mass is 127. The molecule has 0 saturated carbocycles. The Kier molecular flexibility index (Phi) is 19.6. The van der Waals surface area contributed by atoms with Crippen LogP contribution in [0.1, 0.15) is 51.9 Å². The summed E-state index contributed by atoms with van der Waals surface area (Å²) in [4.78, 5) is 0. The number of unbranched alkanes of at least 4 members (excludes halogenated alkanes) is 6. The van der Waals surface area contributed by atoms with Crippen molar-refractivity contribution < 1.29 is 34.4 Å². The van der Waals surface area contributed by atoms with Gasteiger partial charge in [0.1, 0.15) is 0 Å². The predicted octanol–water partition coefficient (Wildman–Crippen LogP) is -1.70. The molecule has 0 rings (SSSR count). The lowest BCUT2D eigenvalue weighted by Crippen LogP contribution is -3.00. The van der Waals surface area contributed by atoms with Crippen molar-refractivity contribution in [2.75, 3.05) is 19.7 Å². The number of aliphatic hydroxyl groups is 1. The minimum absolute atomic E-state index is 0. The molecule has 0 fully saturated rings. The van der Waals surface area contributed by atoms with Crippen molar-refractivity contribution in [2.24, 2.45) is 0 Å². The third-order valence-electron chi connectivity index (χ3n) is 2.35. The zero-order valence-corrected chi connectivity index (χ0v) is 11.6. The van der Waals surface area contributed by atoms with Crippen LogP contribution in [0.2, 0.25) is 0 Å². The van der Waals surface area contributed by atoms with Gasteiger partial charge >= 0.3 is 0 Å². The molecule has 88 valence electrons. The number of nitrogens with two attached hydrogens (primary N) is 1. The van der Waals surface area contributed by atoms with E-state index in [2.05, 4.69) is 12.2 Å². The maximum Gasteiger partial charge on any atom is 0.0990 e. The standard InChI is InChI=1S/C11H25NO.HI/c1-2-3-4-5-6-7-8-9-12-10-11-13;/h12-13H,2-11H2,1H3;1H. The smallest absolute Gasteiger partial charge is 0.0990 e. The lowest BCUT2D eigenvalue weighted by atomic mass is 10.1. The van der Waals surface area contributed by atoms with Crippen LogP contribution in [-0.4, -0.2) is 24.8 Å². The second-order valence-electron chi connectivity index (χ2n) is 3.71. The number of hydrogen-bond acceptors (Lipinski definition) is 1. The van der Waals surface area contributed by atoms with Gasteiger partial charge in [-0.3, -0.25) is 0 Å². The van der Waals surface area contributed by atoms with E-state index in [1.165, 1.54) is 51.5 Å². The average molecular weight is 315 g/mol. The third-order valence-corrected chi connectivity index (χ3v) is 2.35. The van der Waals surface area contributed by atoms with Crippen LogP contribution in [0.4, 0.5) is 0 Å². The summed E-state index contributed by atoms with van der Waals surface area (Å²) in [5.41, 5.74) is 0. The molecule has 0 heterocycles. The first kappa shape index (κ1) is 17.1. The molecule has 0 atom stereocenters. The maximum atomic E-state index is 8.53. The van der Waals surface area contributed by atoms with Crippen molar-refractivity contribution in [3.05, 3.63) is 0 Å². The molecule has 3 N–H and O–H groups in total. The number of halogens is 1. The summed E-state index contributed by atoms with van der Waals surface area (Å²) in [6.45, 7) is 4.63. The van der Waals surface area contributed by atoms with Gasteiger partial charge < -0.3 is 34.4 Å². The van der Waals surface area contributed by atoms with Crippen LogP contribution in [0.3, 0.4) is 0 Å². The minimum Gasteiger partial charge on any atom is -1.00 e. The third kappa shape index (κ3) is 15.1. The van der Waals surface area contributed by atoms with Gasteiger partial charge in [-0.1, -0.05) is 39.0 Å². The van der Waals surface area contributed by atoms with E-state index in [0.29, 0.717) is 6.61 Å². The van der Waals surface area contributed by atoms with Crippen LogP contribution in [0, 0.1) is 0 Å². The van der Waals surface area contributed by atoms with E-state index in [1.807, 2.05) is 0 Å². The zero-order valence-electron chi connectivity index (χ0n) is 9.47. The van der Waals surface area contributed by atoms with E-state index in [4.69, 9.17) is 5.11 Å². The monoisotopic (exact) mass is 315 g/mol. The van der Waals surface area contributed by atoms with Gasteiger partial charge in [0.05, 0.1) is 19.7 Å². The summed E-state index contributed by atoms with van der Waals surface area (Å²) in [6.07, 6.45) is 9.64. The van der Waals surface area contributed by atoms with Crippen LogP contribution < -0.4 is 29.3 Å². The molecular weight excluding hydrogens is 289 g/mol. The van der Waals surface area contributed by atoms with Crippen LogP contribution in [0.5, 0.6) is 0 Å². The first-order chi connectivity index (χ1) is 6.41. The van der Waals surface area contributed by atoms with E-state index in [9.17, 15) is 0 Å². The second kappa shape index (κ2) is 16.1. The molecule has 2 nitrogen and oxygen atoms in total. The van der Waals surface area contributed by atoms with E-state index >= 15 is 0 Å². The van der Waals surface area contributed by atoms with E-state index in [0.717, 1.165) is 6.54 Å². The Morgan fingerprint density at radius 3 is 2.00 bits per heavy atom. The molecule has 0 spiro atoms. The molecule has 0 aromatic carbocycles.